The third kappa shape index (κ3) is 4.12. The van der Waals surface area contributed by atoms with Crippen LogP contribution in [0.15, 0.2) is 34.8 Å². The summed E-state index contributed by atoms with van der Waals surface area (Å²) in [7, 11) is 0. The van der Waals surface area contributed by atoms with Gasteiger partial charge in [0.25, 0.3) is 0 Å². The van der Waals surface area contributed by atoms with Crippen LogP contribution >= 0.6 is 23.2 Å². The maximum atomic E-state index is 9.36. The first kappa shape index (κ1) is 12.4. The van der Waals surface area contributed by atoms with Crippen molar-refractivity contribution in [1.29, 1.82) is 0 Å². The Labute approximate surface area is 99.1 Å². The van der Waals surface area contributed by atoms with E-state index in [0.717, 1.165) is 5.56 Å². The maximum absolute atomic E-state index is 9.36. The largest absolute Gasteiger partial charge is 0.488 e. The van der Waals surface area contributed by atoms with Gasteiger partial charge < -0.3 is 9.84 Å². The smallest absolute Gasteiger partial charge is 0.125 e. The van der Waals surface area contributed by atoms with Gasteiger partial charge >= 0.3 is 0 Å². The second kappa shape index (κ2) is 6.01. The summed E-state index contributed by atoms with van der Waals surface area (Å²) in [6.07, 6.45) is -0.507. The van der Waals surface area contributed by atoms with Crippen LogP contribution in [0.1, 0.15) is 18.6 Å². The van der Waals surface area contributed by atoms with Gasteiger partial charge in [-0.2, -0.15) is 0 Å². The fourth-order valence-electron chi connectivity index (χ4n) is 1.05. The second-order valence-corrected chi connectivity index (χ2v) is 3.80. The third-order valence-electron chi connectivity index (χ3n) is 1.84. The number of aliphatic hydroxyl groups excluding tert-OH is 1. The Morgan fingerprint density at radius 3 is 2.93 bits per heavy atom. The van der Waals surface area contributed by atoms with E-state index < -0.39 is 6.10 Å². The van der Waals surface area contributed by atoms with E-state index in [2.05, 4.69) is 0 Å². The van der Waals surface area contributed by atoms with Crippen LogP contribution in [0, 0.1) is 0 Å². The predicted octanol–water partition coefficient (Wildman–Crippen LogP) is 3.44. The molecule has 1 atom stereocenters. The van der Waals surface area contributed by atoms with Gasteiger partial charge in [-0.1, -0.05) is 35.3 Å². The zero-order chi connectivity index (χ0) is 11.3. The van der Waals surface area contributed by atoms with E-state index in [1.165, 1.54) is 5.54 Å². The van der Waals surface area contributed by atoms with Crippen molar-refractivity contribution in [3.8, 4) is 5.75 Å². The third-order valence-corrected chi connectivity index (χ3v) is 2.43. The molecule has 0 amide bonds. The van der Waals surface area contributed by atoms with Crippen molar-refractivity contribution in [2.24, 2.45) is 0 Å². The minimum atomic E-state index is -0.507. The van der Waals surface area contributed by atoms with E-state index in [-0.39, 0.29) is 6.61 Å². The van der Waals surface area contributed by atoms with E-state index in [1.807, 2.05) is 12.1 Å². The number of hydrogen-bond donors (Lipinski definition) is 1. The fraction of sp³-hybridized carbons (Fsp3) is 0.273. The highest BCUT2D eigenvalue weighted by molar-refractivity contribution is 6.36. The topological polar surface area (TPSA) is 29.5 Å². The molecule has 2 nitrogen and oxygen atoms in total. The van der Waals surface area contributed by atoms with Crippen molar-refractivity contribution in [2.45, 2.75) is 13.0 Å². The average Bonchev–Trinajstić information content (AvgIpc) is 2.26. The summed E-state index contributed by atoms with van der Waals surface area (Å²) in [6.45, 7) is 1.93. The summed E-state index contributed by atoms with van der Waals surface area (Å²) in [6, 6.07) is 7.21. The molecule has 0 aliphatic carbocycles. The summed E-state index contributed by atoms with van der Waals surface area (Å²) >= 11 is 11.1. The standard InChI is InChI=1S/C11H12Cl2O2/c1-8(14)9-3-2-4-11(5-9)15-7-10(13)6-12/h2-6,8,14H,7H2,1H3/t8-/m0/s1. The van der Waals surface area contributed by atoms with Gasteiger partial charge in [0.2, 0.25) is 0 Å². The molecule has 15 heavy (non-hydrogen) atoms. The quantitative estimate of drug-likeness (QED) is 0.883. The monoisotopic (exact) mass is 246 g/mol. The molecule has 0 fully saturated rings. The Morgan fingerprint density at radius 1 is 1.60 bits per heavy atom. The SMILES string of the molecule is C[C@H](O)c1cccc(OCC(Cl)=CCl)c1. The molecule has 0 saturated carbocycles. The van der Waals surface area contributed by atoms with Crippen LogP contribution in [-0.2, 0) is 0 Å². The van der Waals surface area contributed by atoms with Crippen molar-refractivity contribution < 1.29 is 9.84 Å². The van der Waals surface area contributed by atoms with Crippen LogP contribution in [0.2, 0.25) is 0 Å². The molecule has 1 N–H and O–H groups in total. The van der Waals surface area contributed by atoms with E-state index in [1.54, 1.807) is 19.1 Å². The highest BCUT2D eigenvalue weighted by Gasteiger charge is 2.02. The van der Waals surface area contributed by atoms with Crippen LogP contribution in [0.4, 0.5) is 0 Å². The Kier molecular flexibility index (Phi) is 4.95. The molecule has 0 saturated heterocycles. The number of hydrogen-bond acceptors (Lipinski definition) is 2. The number of benzene rings is 1. The normalized spacial score (nSPS) is 13.7. The lowest BCUT2D eigenvalue weighted by Gasteiger charge is -2.08. The number of rotatable bonds is 4. The van der Waals surface area contributed by atoms with Crippen molar-refractivity contribution >= 4 is 23.2 Å². The lowest BCUT2D eigenvalue weighted by Crippen LogP contribution is -1.98. The zero-order valence-corrected chi connectivity index (χ0v) is 9.79. The molecule has 0 radical (unpaired) electrons. The molecule has 0 heterocycles. The summed E-state index contributed by atoms with van der Waals surface area (Å²) in [4.78, 5) is 0. The summed E-state index contributed by atoms with van der Waals surface area (Å²) in [5, 5.41) is 9.79. The molecule has 0 aliphatic rings. The Bertz CT molecular complexity index is 348. The molecule has 0 bridgehead atoms. The van der Waals surface area contributed by atoms with Crippen LogP contribution in [-0.4, -0.2) is 11.7 Å². The number of aliphatic hydroxyl groups is 1. The molecular weight excluding hydrogens is 235 g/mol. The first-order valence-electron chi connectivity index (χ1n) is 4.49. The van der Waals surface area contributed by atoms with E-state index in [9.17, 15) is 5.11 Å². The Morgan fingerprint density at radius 2 is 2.33 bits per heavy atom. The first-order valence-corrected chi connectivity index (χ1v) is 5.30. The van der Waals surface area contributed by atoms with Gasteiger partial charge in [-0.05, 0) is 24.6 Å². The molecule has 1 rings (SSSR count). The number of ether oxygens (including phenoxy) is 1. The van der Waals surface area contributed by atoms with Crippen molar-refractivity contribution in [2.75, 3.05) is 6.61 Å². The van der Waals surface area contributed by atoms with Crippen molar-refractivity contribution in [3.63, 3.8) is 0 Å². The van der Waals surface area contributed by atoms with E-state index in [0.29, 0.717) is 10.8 Å². The van der Waals surface area contributed by atoms with Gasteiger partial charge in [0.15, 0.2) is 0 Å². The van der Waals surface area contributed by atoms with Gasteiger partial charge in [-0.25, -0.2) is 0 Å². The predicted molar refractivity (Wildman–Crippen MR) is 62.4 cm³/mol. The van der Waals surface area contributed by atoms with E-state index >= 15 is 0 Å². The van der Waals surface area contributed by atoms with Crippen molar-refractivity contribution in [1.82, 2.24) is 0 Å². The summed E-state index contributed by atoms with van der Waals surface area (Å²) in [5.41, 5.74) is 2.07. The molecule has 0 aromatic heterocycles. The molecule has 1 aromatic carbocycles. The van der Waals surface area contributed by atoms with Gasteiger partial charge in [-0.3, -0.25) is 0 Å². The minimum Gasteiger partial charge on any atom is -0.488 e. The van der Waals surface area contributed by atoms with Crippen LogP contribution < -0.4 is 4.74 Å². The fourth-order valence-corrected chi connectivity index (χ4v) is 1.17. The molecule has 0 aliphatic heterocycles. The average molecular weight is 247 g/mol. The molecule has 0 unspecified atom stereocenters. The van der Waals surface area contributed by atoms with Gasteiger partial charge in [0, 0.05) is 5.54 Å². The molecule has 4 heteroatoms. The van der Waals surface area contributed by atoms with Gasteiger partial charge in [0.1, 0.15) is 12.4 Å². The highest BCUT2D eigenvalue weighted by atomic mass is 35.5. The van der Waals surface area contributed by atoms with Gasteiger partial charge in [0.05, 0.1) is 11.1 Å². The molecular formula is C11H12Cl2O2. The molecule has 0 spiro atoms. The lowest BCUT2D eigenvalue weighted by atomic mass is 10.1. The maximum Gasteiger partial charge on any atom is 0.125 e. The van der Waals surface area contributed by atoms with Crippen LogP contribution in [0.25, 0.3) is 0 Å². The lowest BCUT2D eigenvalue weighted by molar-refractivity contribution is 0.198. The summed E-state index contributed by atoms with van der Waals surface area (Å²) in [5.74, 6) is 0.657. The Balaban J connectivity index is 2.66. The minimum absolute atomic E-state index is 0.230. The molecule has 1 aromatic rings. The van der Waals surface area contributed by atoms with E-state index in [4.69, 9.17) is 27.9 Å². The van der Waals surface area contributed by atoms with Crippen LogP contribution in [0.3, 0.4) is 0 Å². The van der Waals surface area contributed by atoms with Crippen molar-refractivity contribution in [3.05, 3.63) is 40.4 Å². The number of halogens is 2. The Hall–Kier alpha value is -0.700. The molecule has 82 valence electrons. The first-order chi connectivity index (χ1) is 7.13. The highest BCUT2D eigenvalue weighted by Crippen LogP contribution is 2.19. The van der Waals surface area contributed by atoms with Gasteiger partial charge in [-0.15, -0.1) is 0 Å². The zero-order valence-electron chi connectivity index (χ0n) is 8.28. The summed E-state index contributed by atoms with van der Waals surface area (Å²) < 4.78 is 5.35. The van der Waals surface area contributed by atoms with Crippen LogP contribution in [0.5, 0.6) is 5.75 Å². The second-order valence-electron chi connectivity index (χ2n) is 3.09.